The van der Waals surface area contributed by atoms with E-state index in [1.54, 1.807) is 78.8 Å². The normalized spacial score (nSPS) is 13.8. The van der Waals surface area contributed by atoms with Gasteiger partial charge in [0.15, 0.2) is 40.7 Å². The number of likely N-dealkylation sites (N-methyl/N-ethyl adjacent to an activating group) is 1. The quantitative estimate of drug-likeness (QED) is 0.00409. The van der Waals surface area contributed by atoms with E-state index in [4.69, 9.17) is 57.3 Å². The lowest BCUT2D eigenvalue weighted by Gasteiger charge is -2.32. The maximum Gasteiger partial charge on any atom is 0.341 e. The number of allylic oxidation sites excluding steroid dienone is 2. The summed E-state index contributed by atoms with van der Waals surface area (Å²) >= 11 is 0. The molecule has 104 heavy (non-hydrogen) atoms. The third-order valence-corrected chi connectivity index (χ3v) is 16.0. The first-order valence-electron chi connectivity index (χ1n) is 33.8. The molecule has 1 aliphatic heterocycles. The first-order chi connectivity index (χ1) is 49.0. The van der Waals surface area contributed by atoms with Crippen molar-refractivity contribution < 1.29 is 71.7 Å². The Morgan fingerprint density at radius 2 is 1.23 bits per heavy atom. The Kier molecular flexibility index (Phi) is 38.2. The number of aromatic nitrogens is 4. The van der Waals surface area contributed by atoms with Crippen LogP contribution in [-0.2, 0) is 65.5 Å². The summed E-state index contributed by atoms with van der Waals surface area (Å²) in [7, 11) is 2.94. The molecule has 0 aliphatic carbocycles. The van der Waals surface area contributed by atoms with E-state index in [1.807, 2.05) is 36.4 Å². The van der Waals surface area contributed by atoms with Gasteiger partial charge in [-0.15, -0.1) is 0 Å². The van der Waals surface area contributed by atoms with Crippen molar-refractivity contribution in [3.8, 4) is 40.1 Å². The number of Topliss-reactive ketones (excluding diaryl/α,β-unsaturated/α-hetero) is 8. The van der Waals surface area contributed by atoms with E-state index in [-0.39, 0.29) is 129 Å². The second kappa shape index (κ2) is 44.5. The van der Waals surface area contributed by atoms with E-state index in [0.29, 0.717) is 85.8 Å². The second-order valence-corrected chi connectivity index (χ2v) is 24.4. The molecule has 562 valence electrons. The molecule has 0 radical (unpaired) electrons. The number of aryl methyl sites for hydroxylation is 5. The van der Waals surface area contributed by atoms with Crippen molar-refractivity contribution in [1.29, 1.82) is 10.7 Å². The van der Waals surface area contributed by atoms with Crippen LogP contribution < -0.4 is 49.2 Å². The van der Waals surface area contributed by atoms with Gasteiger partial charge in [-0.05, 0) is 143 Å². The van der Waals surface area contributed by atoms with Crippen LogP contribution in [0.4, 0.5) is 5.95 Å². The van der Waals surface area contributed by atoms with Gasteiger partial charge in [-0.3, -0.25) is 53.4 Å². The number of carbonyl (C=O) groups excluding carboxylic acids is 11. The molecule has 0 fully saturated rings. The van der Waals surface area contributed by atoms with Gasteiger partial charge in [-0.2, -0.15) is 5.26 Å². The topological polar surface area (TPSA) is 495 Å². The van der Waals surface area contributed by atoms with Crippen LogP contribution >= 0.6 is 0 Å². The number of nitrogens with zero attached hydrogens (tertiary/aromatic N) is 6. The summed E-state index contributed by atoms with van der Waals surface area (Å²) in [5.74, 6) is -5.49. The highest BCUT2D eigenvalue weighted by atomic mass is 16.5. The zero-order valence-electron chi connectivity index (χ0n) is 62.3. The van der Waals surface area contributed by atoms with Gasteiger partial charge in [0.1, 0.15) is 65.3 Å². The molecule has 0 spiro atoms. The molecule has 29 heteroatoms. The molecule has 6 rings (SSSR count). The third kappa shape index (κ3) is 27.5. The van der Waals surface area contributed by atoms with Crippen molar-refractivity contribution in [3.05, 3.63) is 123 Å². The molecule has 0 saturated heterocycles. The number of guanidine groups is 1. The lowest BCUT2D eigenvalue weighted by molar-refractivity contribution is -0.142. The number of methoxy groups -OCH3 is 1. The fourth-order valence-corrected chi connectivity index (χ4v) is 11.3. The van der Waals surface area contributed by atoms with E-state index < -0.39 is 53.4 Å². The summed E-state index contributed by atoms with van der Waals surface area (Å²) in [5.41, 5.74) is 39.3. The van der Waals surface area contributed by atoms with Gasteiger partial charge in [0, 0.05) is 74.3 Å². The first-order valence-corrected chi connectivity index (χ1v) is 33.8. The molecular weight excluding hydrogens is 1340 g/mol. The number of benzene rings is 3. The minimum atomic E-state index is -1.24. The smallest absolute Gasteiger partial charge is 0.341 e. The SMILES string of the molecule is CC(=O)C(C(C)=O)C(C)=O.CCCc1ccc(-c2nc(C)c(C(=O)C[C@@H](CCN)C(=O)N(C)[C@@H]3C(=O)C[C@@H](C)C(=O)N[C@H](C(=O)CCC#N)Cc4ccc(OCCN)c(c4)-c4cc3ccc4OCCN)c(C)n2)cc1.CCOC(=O)c1c(C)nc(N)nc1C.COC(C)=C(C(C)=O)C(C)=O.N=C(N)N. The molecule has 5 aromatic rings. The lowest BCUT2D eigenvalue weighted by atomic mass is 9.88. The molecule has 2 amide bonds. The minimum absolute atomic E-state index is 0.0306. The van der Waals surface area contributed by atoms with Crippen LogP contribution in [0.3, 0.4) is 0 Å². The van der Waals surface area contributed by atoms with Gasteiger partial charge in [0.2, 0.25) is 17.8 Å². The number of nitrogens with two attached hydrogens (primary N) is 6. The van der Waals surface area contributed by atoms with Gasteiger partial charge >= 0.3 is 5.97 Å². The standard InChI is InChI=1S/C50H62N8O7.C9H13N3O2.C8H12O3.C7H10O3.CH5N3/c1-6-8-33-10-13-35(14-11-33)48-55-31(3)46(32(4)56-48)42(60)29-37(18-20-52)50(63)58(5)47-36-15-17-45(65-24-22-54)39(28-36)38-26-34(12-16-44(38)64-23-21-53)27-40(41(59)9-7-19-51)57-49(62)30(2)25-43(47)61;1-4-14-8(13)7-5(2)11-9(10)12-6(7)3;1-5(9)8(6(2)10)7(3)11-4;1-4(8)7(5(2)9)6(3)10;2-1(3)4/h10-17,26,28,30,37,40,47H,6-9,18,20-25,27,29,52-54H2,1-5H3,(H,57,62);4H2,1-3H3,(H2,10,11,12);1-4H3;7H,1-3H3;(H5,2,3,4)/t30-,37-,40+,47+;;;;/m1..../s1. The van der Waals surface area contributed by atoms with Crippen LogP contribution in [0.2, 0.25) is 0 Å². The van der Waals surface area contributed by atoms with Gasteiger partial charge in [0.05, 0.1) is 59.7 Å². The van der Waals surface area contributed by atoms with E-state index >= 15 is 0 Å². The van der Waals surface area contributed by atoms with Crippen molar-refractivity contribution in [3.63, 3.8) is 0 Å². The number of esters is 1. The minimum Gasteiger partial charge on any atom is -0.501 e. The van der Waals surface area contributed by atoms with Crippen molar-refractivity contribution in [2.75, 3.05) is 59.3 Å². The van der Waals surface area contributed by atoms with Crippen LogP contribution in [0.15, 0.2) is 72.0 Å². The van der Waals surface area contributed by atoms with Crippen LogP contribution in [0, 0.1) is 62.2 Å². The summed E-state index contributed by atoms with van der Waals surface area (Å²) < 4.78 is 21.9. The second-order valence-electron chi connectivity index (χ2n) is 24.4. The molecule has 4 bridgehead atoms. The number of ketones is 8. The Morgan fingerprint density at radius 3 is 1.67 bits per heavy atom. The zero-order valence-corrected chi connectivity index (χ0v) is 62.3. The maximum atomic E-state index is 14.8. The molecule has 1 aliphatic rings. The molecule has 0 saturated carbocycles. The average Bonchev–Trinajstić information content (AvgIpc) is 0.780. The number of nitrogens with one attached hydrogen (secondary N) is 2. The summed E-state index contributed by atoms with van der Waals surface area (Å²) in [6, 6.07) is 18.3. The molecule has 0 unspecified atom stereocenters. The highest BCUT2D eigenvalue weighted by Gasteiger charge is 2.37. The number of anilines is 1. The summed E-state index contributed by atoms with van der Waals surface area (Å²) in [6.45, 7) is 21.6. The molecular formula is C75H102N14O15. The molecule has 14 N–H and O–H groups in total. The van der Waals surface area contributed by atoms with Gasteiger partial charge in [-0.1, -0.05) is 56.7 Å². The number of nitriles is 1. The monoisotopic (exact) mass is 1440 g/mol. The Morgan fingerprint density at radius 1 is 0.721 bits per heavy atom. The lowest BCUT2D eigenvalue weighted by Crippen LogP contribution is -2.46. The van der Waals surface area contributed by atoms with Gasteiger partial charge in [0.25, 0.3) is 0 Å². The van der Waals surface area contributed by atoms with E-state index in [2.05, 4.69) is 33.7 Å². The Labute approximate surface area is 607 Å². The number of hydrogen-bond donors (Lipinski definition) is 8. The number of amides is 2. The molecule has 29 nitrogen and oxygen atoms in total. The summed E-state index contributed by atoms with van der Waals surface area (Å²) in [4.78, 5) is 154. The zero-order chi connectivity index (χ0) is 78.8. The number of nitrogen functional groups attached to an aromatic ring is 1. The highest BCUT2D eigenvalue weighted by Crippen LogP contribution is 2.41. The summed E-state index contributed by atoms with van der Waals surface area (Å²) in [5, 5.41) is 18.1. The van der Waals surface area contributed by atoms with Crippen molar-refractivity contribution in [2.45, 2.75) is 153 Å². The molecule has 4 atom stereocenters. The Bertz CT molecular complexity index is 3880. The van der Waals surface area contributed by atoms with Crippen LogP contribution in [0.25, 0.3) is 22.5 Å². The largest absolute Gasteiger partial charge is 0.501 e. The van der Waals surface area contributed by atoms with E-state index in [0.717, 1.165) is 18.4 Å². The number of rotatable bonds is 27. The molecule has 3 aromatic carbocycles. The number of ether oxygens (including phenoxy) is 4. The fraction of sp³-hybridized carbons (Fsp3) is 0.453. The van der Waals surface area contributed by atoms with Crippen LogP contribution in [-0.4, -0.2) is 154 Å². The Hall–Kier alpha value is -10.8. The number of fused-ring (bicyclic) bond motifs is 5. The third-order valence-electron chi connectivity index (χ3n) is 16.0. The average molecular weight is 1440 g/mol. The number of hydrogen-bond acceptors (Lipinski definition) is 25. The van der Waals surface area contributed by atoms with Crippen LogP contribution in [0.1, 0.15) is 167 Å². The fourth-order valence-electron chi connectivity index (χ4n) is 11.3. The van der Waals surface area contributed by atoms with Crippen molar-refractivity contribution in [2.24, 2.45) is 46.4 Å². The predicted octanol–water partition coefficient (Wildman–Crippen LogP) is 6.45. The Balaban J connectivity index is 0.000000755. The highest BCUT2D eigenvalue weighted by molar-refractivity contribution is 6.19. The molecule has 3 heterocycles. The van der Waals surface area contributed by atoms with E-state index in [1.165, 1.54) is 59.2 Å². The number of carbonyl (C=O) groups is 11. The van der Waals surface area contributed by atoms with E-state index in [9.17, 15) is 58.0 Å². The summed E-state index contributed by atoms with van der Waals surface area (Å²) in [6.07, 6.45) is 1.61. The van der Waals surface area contributed by atoms with Crippen molar-refractivity contribution in [1.82, 2.24) is 30.2 Å². The predicted molar refractivity (Wildman–Crippen MR) is 392 cm³/mol. The molecule has 2 aromatic heterocycles. The van der Waals surface area contributed by atoms with Crippen molar-refractivity contribution >= 4 is 76.0 Å². The van der Waals surface area contributed by atoms with Gasteiger partial charge in [-0.25, -0.2) is 24.7 Å². The maximum absolute atomic E-state index is 14.8. The first kappa shape index (κ1) is 89.3. The van der Waals surface area contributed by atoms with Crippen LogP contribution in [0.5, 0.6) is 11.5 Å². The van der Waals surface area contributed by atoms with Gasteiger partial charge < -0.3 is 63.6 Å².